The molecule has 138 valence electrons. The Labute approximate surface area is 152 Å². The van der Waals surface area contributed by atoms with Gasteiger partial charge in [0.05, 0.1) is 11.0 Å². The van der Waals surface area contributed by atoms with Gasteiger partial charge in [-0.05, 0) is 50.5 Å². The number of allylic oxidation sites excluding steroid dienone is 1. The van der Waals surface area contributed by atoms with Gasteiger partial charge in [0.25, 0.3) is 0 Å². The Balaban J connectivity index is 2.08. The zero-order valence-corrected chi connectivity index (χ0v) is 16.5. The van der Waals surface area contributed by atoms with E-state index in [1.54, 1.807) is 4.57 Å². The first-order valence-corrected chi connectivity index (χ1v) is 9.85. The van der Waals surface area contributed by atoms with Gasteiger partial charge in [-0.3, -0.25) is 9.13 Å². The summed E-state index contributed by atoms with van der Waals surface area (Å²) in [4.78, 5) is 12.9. The third-order valence-electron chi connectivity index (χ3n) is 5.16. The van der Waals surface area contributed by atoms with Gasteiger partial charge >= 0.3 is 5.69 Å². The van der Waals surface area contributed by atoms with Crippen LogP contribution in [0.4, 0.5) is 0 Å². The normalized spacial score (nSPS) is 11.4. The maximum absolute atomic E-state index is 12.9. The standard InChI is InChI=1S/C22H34N2O/c1-6-7-8-9-10-11-12-13-14-23-20-15-18(4)19(5)16-21(20)24(17(2)3)22(23)25/h15-16H,2,6-14H2,1,3-5H3. The summed E-state index contributed by atoms with van der Waals surface area (Å²) >= 11 is 0. The van der Waals surface area contributed by atoms with E-state index in [1.807, 2.05) is 11.5 Å². The van der Waals surface area contributed by atoms with Gasteiger partial charge in [0.2, 0.25) is 0 Å². The molecule has 3 heteroatoms. The number of hydrogen-bond acceptors (Lipinski definition) is 1. The fourth-order valence-electron chi connectivity index (χ4n) is 3.50. The summed E-state index contributed by atoms with van der Waals surface area (Å²) in [5, 5.41) is 0. The van der Waals surface area contributed by atoms with Crippen LogP contribution in [0.1, 0.15) is 76.3 Å². The van der Waals surface area contributed by atoms with Crippen LogP contribution in [-0.4, -0.2) is 9.13 Å². The van der Waals surface area contributed by atoms with E-state index in [0.717, 1.165) is 29.7 Å². The second kappa shape index (κ2) is 9.07. The maximum Gasteiger partial charge on any atom is 0.333 e. The molecule has 0 bridgehead atoms. The minimum absolute atomic E-state index is 0.0513. The second-order valence-electron chi connectivity index (χ2n) is 7.40. The van der Waals surface area contributed by atoms with Gasteiger partial charge in [-0.15, -0.1) is 0 Å². The zero-order valence-electron chi connectivity index (χ0n) is 16.5. The highest BCUT2D eigenvalue weighted by atomic mass is 16.1. The van der Waals surface area contributed by atoms with Crippen molar-refractivity contribution in [3.8, 4) is 0 Å². The minimum atomic E-state index is 0.0513. The molecule has 0 aliphatic heterocycles. The van der Waals surface area contributed by atoms with Gasteiger partial charge in [0, 0.05) is 12.2 Å². The Bertz CT molecular complexity index is 779. The molecule has 1 aromatic heterocycles. The first kappa shape index (κ1) is 19.6. The van der Waals surface area contributed by atoms with Gasteiger partial charge in [-0.2, -0.15) is 0 Å². The van der Waals surface area contributed by atoms with Crippen LogP contribution < -0.4 is 5.69 Å². The molecule has 0 atom stereocenters. The average molecular weight is 343 g/mol. The molecule has 1 aromatic carbocycles. The monoisotopic (exact) mass is 342 g/mol. The van der Waals surface area contributed by atoms with Crippen molar-refractivity contribution in [2.75, 3.05) is 0 Å². The SMILES string of the molecule is C=C(C)n1c(=O)n(CCCCCCCCCC)c2cc(C)c(C)cc21. The van der Waals surface area contributed by atoms with E-state index >= 15 is 0 Å². The van der Waals surface area contributed by atoms with Crippen LogP contribution in [0.25, 0.3) is 16.7 Å². The van der Waals surface area contributed by atoms with Crippen molar-refractivity contribution in [1.29, 1.82) is 0 Å². The maximum atomic E-state index is 12.9. The van der Waals surface area contributed by atoms with Crippen LogP contribution in [0.5, 0.6) is 0 Å². The predicted octanol–water partition coefficient (Wildman–Crippen LogP) is 6.05. The molecule has 0 unspecified atom stereocenters. The molecule has 2 aromatic rings. The Hall–Kier alpha value is -1.77. The van der Waals surface area contributed by atoms with E-state index < -0.39 is 0 Å². The summed E-state index contributed by atoms with van der Waals surface area (Å²) in [6.07, 6.45) is 10.2. The second-order valence-corrected chi connectivity index (χ2v) is 7.40. The van der Waals surface area contributed by atoms with Crippen LogP contribution in [0.15, 0.2) is 23.5 Å². The van der Waals surface area contributed by atoms with Gasteiger partial charge in [-0.1, -0.05) is 58.4 Å². The van der Waals surface area contributed by atoms with E-state index in [2.05, 4.69) is 39.5 Å². The number of nitrogens with zero attached hydrogens (tertiary/aromatic N) is 2. The Kier molecular flexibility index (Phi) is 7.10. The quantitative estimate of drug-likeness (QED) is 0.483. The lowest BCUT2D eigenvalue weighted by Gasteiger charge is -2.06. The van der Waals surface area contributed by atoms with Crippen LogP contribution in [-0.2, 0) is 6.54 Å². The van der Waals surface area contributed by atoms with E-state index in [0.29, 0.717) is 0 Å². The van der Waals surface area contributed by atoms with Gasteiger partial charge in [-0.25, -0.2) is 4.79 Å². The van der Waals surface area contributed by atoms with Crippen molar-refractivity contribution in [2.45, 2.75) is 85.6 Å². The average Bonchev–Trinajstić information content (AvgIpc) is 2.82. The Morgan fingerprint density at radius 3 is 2.00 bits per heavy atom. The fraction of sp³-hybridized carbons (Fsp3) is 0.591. The lowest BCUT2D eigenvalue weighted by atomic mass is 10.1. The topological polar surface area (TPSA) is 26.9 Å². The van der Waals surface area contributed by atoms with Gasteiger partial charge in [0.1, 0.15) is 0 Å². The Morgan fingerprint density at radius 1 is 0.920 bits per heavy atom. The van der Waals surface area contributed by atoms with E-state index in [9.17, 15) is 4.79 Å². The molecule has 0 N–H and O–H groups in total. The van der Waals surface area contributed by atoms with Gasteiger partial charge < -0.3 is 0 Å². The van der Waals surface area contributed by atoms with E-state index in [-0.39, 0.29) is 5.69 Å². The molecular weight excluding hydrogens is 308 g/mol. The number of aryl methyl sites for hydroxylation is 3. The highest BCUT2D eigenvalue weighted by molar-refractivity contribution is 5.81. The molecule has 0 radical (unpaired) electrons. The highest BCUT2D eigenvalue weighted by Crippen LogP contribution is 2.21. The molecule has 2 rings (SSSR count). The van der Waals surface area contributed by atoms with Crippen molar-refractivity contribution in [1.82, 2.24) is 9.13 Å². The van der Waals surface area contributed by atoms with E-state index in [4.69, 9.17) is 0 Å². The number of unbranched alkanes of at least 4 members (excludes halogenated alkanes) is 7. The fourth-order valence-corrected chi connectivity index (χ4v) is 3.50. The van der Waals surface area contributed by atoms with Crippen molar-refractivity contribution in [3.05, 3.63) is 40.3 Å². The van der Waals surface area contributed by atoms with Crippen LogP contribution in [0.3, 0.4) is 0 Å². The molecule has 0 aliphatic rings. The molecule has 0 spiro atoms. The summed E-state index contributed by atoms with van der Waals surface area (Å²) in [6, 6.07) is 4.27. The third-order valence-corrected chi connectivity index (χ3v) is 5.16. The Morgan fingerprint density at radius 2 is 1.44 bits per heavy atom. The molecule has 25 heavy (non-hydrogen) atoms. The number of benzene rings is 1. The number of hydrogen-bond donors (Lipinski definition) is 0. The number of rotatable bonds is 10. The lowest BCUT2D eigenvalue weighted by molar-refractivity contribution is 0.542. The number of aromatic nitrogens is 2. The number of fused-ring (bicyclic) bond motifs is 1. The molecule has 0 fully saturated rings. The van der Waals surface area contributed by atoms with Gasteiger partial charge in [0.15, 0.2) is 0 Å². The minimum Gasteiger partial charge on any atom is -0.292 e. The predicted molar refractivity (Wildman–Crippen MR) is 109 cm³/mol. The third kappa shape index (κ3) is 4.65. The lowest BCUT2D eigenvalue weighted by Crippen LogP contribution is -2.23. The van der Waals surface area contributed by atoms with Crippen molar-refractivity contribution < 1.29 is 0 Å². The molecule has 0 saturated carbocycles. The number of imidazole rings is 1. The van der Waals surface area contributed by atoms with Crippen molar-refractivity contribution in [3.63, 3.8) is 0 Å². The molecular formula is C22H34N2O. The first-order valence-electron chi connectivity index (χ1n) is 9.85. The van der Waals surface area contributed by atoms with Crippen molar-refractivity contribution in [2.24, 2.45) is 0 Å². The van der Waals surface area contributed by atoms with E-state index in [1.165, 1.54) is 56.1 Å². The molecule has 0 saturated heterocycles. The summed E-state index contributed by atoms with van der Waals surface area (Å²) in [7, 11) is 0. The summed E-state index contributed by atoms with van der Waals surface area (Å²) in [5.74, 6) is 0. The van der Waals surface area contributed by atoms with Crippen LogP contribution in [0, 0.1) is 13.8 Å². The molecule has 3 nitrogen and oxygen atoms in total. The molecule has 0 aliphatic carbocycles. The smallest absolute Gasteiger partial charge is 0.292 e. The first-order chi connectivity index (χ1) is 12.0. The summed E-state index contributed by atoms with van der Waals surface area (Å²) in [6.45, 7) is 13.2. The van der Waals surface area contributed by atoms with Crippen LogP contribution in [0.2, 0.25) is 0 Å². The summed E-state index contributed by atoms with van der Waals surface area (Å²) < 4.78 is 3.69. The largest absolute Gasteiger partial charge is 0.333 e. The zero-order chi connectivity index (χ0) is 18.4. The van der Waals surface area contributed by atoms with Crippen molar-refractivity contribution >= 4 is 16.7 Å². The van der Waals surface area contributed by atoms with Crippen LogP contribution >= 0.6 is 0 Å². The summed E-state index contributed by atoms with van der Waals surface area (Å²) in [5.41, 5.74) is 5.31. The highest BCUT2D eigenvalue weighted by Gasteiger charge is 2.14. The molecule has 0 amide bonds. The molecule has 1 heterocycles.